The third kappa shape index (κ3) is 8.00. The quantitative estimate of drug-likeness (QED) is 0.280. The molecule has 28 heavy (non-hydrogen) atoms. The molecule has 0 saturated heterocycles. The lowest BCUT2D eigenvalue weighted by Crippen LogP contribution is -2.39. The lowest BCUT2D eigenvalue weighted by molar-refractivity contribution is 0.0953. The molecule has 1 unspecified atom stereocenters. The zero-order chi connectivity index (χ0) is 20.2. The van der Waals surface area contributed by atoms with E-state index < -0.39 is 0 Å². The number of carbonyl (C=O) groups is 1. The number of nitrogens with one attached hydrogen (secondary N) is 3. The molecule has 0 aliphatic rings. The number of benzene rings is 1. The summed E-state index contributed by atoms with van der Waals surface area (Å²) in [5.74, 6) is 1.20. The number of aliphatic imine (C=N–C) groups is 1. The fourth-order valence-corrected chi connectivity index (χ4v) is 3.54. The van der Waals surface area contributed by atoms with Gasteiger partial charge in [-0.1, -0.05) is 19.1 Å². The maximum Gasteiger partial charge on any atom is 0.251 e. The second-order valence-electron chi connectivity index (χ2n) is 6.69. The molecule has 4 N–H and O–H groups in total. The second kappa shape index (κ2) is 12.0. The van der Waals surface area contributed by atoms with Crippen molar-refractivity contribution < 1.29 is 9.90 Å². The molecule has 1 aromatic carbocycles. The van der Waals surface area contributed by atoms with E-state index in [0.29, 0.717) is 24.6 Å². The molecular formula is C21H30N4O2S. The molecule has 2 rings (SSSR count). The Kier molecular flexibility index (Phi) is 9.34. The molecule has 152 valence electrons. The summed E-state index contributed by atoms with van der Waals surface area (Å²) in [6.45, 7) is 7.09. The number of aromatic hydroxyl groups is 1. The number of phenols is 1. The van der Waals surface area contributed by atoms with Crippen LogP contribution in [0, 0.1) is 5.92 Å². The molecule has 1 amide bonds. The maximum absolute atomic E-state index is 12.0. The van der Waals surface area contributed by atoms with Crippen LogP contribution in [0.1, 0.15) is 35.5 Å². The number of phenolic OH excluding ortho intramolecular Hbond substituents is 1. The Hall–Kier alpha value is -2.54. The molecule has 6 nitrogen and oxygen atoms in total. The van der Waals surface area contributed by atoms with Crippen molar-refractivity contribution >= 4 is 23.2 Å². The lowest BCUT2D eigenvalue weighted by Gasteiger charge is -2.13. The third-order valence-corrected chi connectivity index (χ3v) is 4.97. The van der Waals surface area contributed by atoms with E-state index >= 15 is 0 Å². The summed E-state index contributed by atoms with van der Waals surface area (Å²) in [5.41, 5.74) is 0.461. The van der Waals surface area contributed by atoms with Crippen LogP contribution in [0.2, 0.25) is 0 Å². The van der Waals surface area contributed by atoms with E-state index in [0.717, 1.165) is 31.9 Å². The van der Waals surface area contributed by atoms with Gasteiger partial charge in [0.05, 0.1) is 0 Å². The Morgan fingerprint density at radius 1 is 1.18 bits per heavy atom. The van der Waals surface area contributed by atoms with Crippen LogP contribution in [-0.2, 0) is 6.42 Å². The number of guanidine groups is 1. The van der Waals surface area contributed by atoms with E-state index in [1.807, 2.05) is 6.92 Å². The predicted molar refractivity (Wildman–Crippen MR) is 116 cm³/mol. The topological polar surface area (TPSA) is 85.8 Å². The minimum atomic E-state index is -0.182. The number of nitrogens with zero attached hydrogens (tertiary/aromatic N) is 1. The Labute approximate surface area is 171 Å². The molecule has 1 atom stereocenters. The highest BCUT2D eigenvalue weighted by Gasteiger charge is 2.06. The molecule has 7 heteroatoms. The average molecular weight is 403 g/mol. The van der Waals surface area contributed by atoms with Gasteiger partial charge in [0.2, 0.25) is 0 Å². The zero-order valence-corrected chi connectivity index (χ0v) is 17.4. The van der Waals surface area contributed by atoms with E-state index in [9.17, 15) is 9.90 Å². The van der Waals surface area contributed by atoms with Gasteiger partial charge in [0.1, 0.15) is 5.75 Å². The van der Waals surface area contributed by atoms with Crippen molar-refractivity contribution in [1.82, 2.24) is 16.0 Å². The van der Waals surface area contributed by atoms with Gasteiger partial charge in [-0.2, -0.15) is 0 Å². The summed E-state index contributed by atoms with van der Waals surface area (Å²) in [7, 11) is 0. The summed E-state index contributed by atoms with van der Waals surface area (Å²) in [6, 6.07) is 10.6. The highest BCUT2D eigenvalue weighted by Crippen LogP contribution is 2.14. The van der Waals surface area contributed by atoms with Crippen molar-refractivity contribution in [3.05, 3.63) is 52.2 Å². The first-order chi connectivity index (χ1) is 13.6. The fraction of sp³-hybridized carbons (Fsp3) is 0.429. The smallest absolute Gasteiger partial charge is 0.251 e. The Bertz CT molecular complexity index is 747. The van der Waals surface area contributed by atoms with Gasteiger partial charge >= 0.3 is 0 Å². The van der Waals surface area contributed by atoms with Crippen LogP contribution in [0.4, 0.5) is 0 Å². The zero-order valence-electron chi connectivity index (χ0n) is 16.6. The highest BCUT2D eigenvalue weighted by molar-refractivity contribution is 7.09. The minimum absolute atomic E-state index is 0.0918. The molecule has 1 aromatic heterocycles. The average Bonchev–Trinajstić information content (AvgIpc) is 3.18. The highest BCUT2D eigenvalue weighted by atomic mass is 32.1. The standard InChI is InChI=1S/C21H30N4O2S/c1-3-22-21(25-15-16(2)13-19-9-5-12-28-19)24-11-6-10-23-20(27)17-7-4-8-18(26)14-17/h4-5,7-9,12,14,16,26H,3,6,10-11,13,15H2,1-2H3,(H,23,27)(H2,22,24,25). The number of thiophene rings is 1. The maximum atomic E-state index is 12.0. The van der Waals surface area contributed by atoms with E-state index in [4.69, 9.17) is 0 Å². The monoisotopic (exact) mass is 402 g/mol. The largest absolute Gasteiger partial charge is 0.508 e. The van der Waals surface area contributed by atoms with Gasteiger partial charge in [0.25, 0.3) is 5.91 Å². The van der Waals surface area contributed by atoms with Crippen molar-refractivity contribution in [1.29, 1.82) is 0 Å². The number of amides is 1. The van der Waals surface area contributed by atoms with Crippen molar-refractivity contribution in [2.75, 3.05) is 26.2 Å². The molecule has 0 aliphatic heterocycles. The van der Waals surface area contributed by atoms with Crippen LogP contribution in [0.15, 0.2) is 46.8 Å². The number of rotatable bonds is 10. The van der Waals surface area contributed by atoms with E-state index in [1.165, 1.54) is 10.9 Å². The lowest BCUT2D eigenvalue weighted by atomic mass is 10.1. The molecular weight excluding hydrogens is 372 g/mol. The summed E-state index contributed by atoms with van der Waals surface area (Å²) in [4.78, 5) is 18.1. The van der Waals surface area contributed by atoms with Crippen molar-refractivity contribution in [2.45, 2.75) is 26.7 Å². The fourth-order valence-electron chi connectivity index (χ4n) is 2.67. The minimum Gasteiger partial charge on any atom is -0.508 e. The van der Waals surface area contributed by atoms with Gasteiger partial charge < -0.3 is 21.1 Å². The van der Waals surface area contributed by atoms with Gasteiger partial charge in [-0.25, -0.2) is 0 Å². The summed E-state index contributed by atoms with van der Waals surface area (Å²) < 4.78 is 0. The Morgan fingerprint density at radius 2 is 2.00 bits per heavy atom. The second-order valence-corrected chi connectivity index (χ2v) is 7.73. The summed E-state index contributed by atoms with van der Waals surface area (Å²) >= 11 is 1.79. The molecule has 0 bridgehead atoms. The van der Waals surface area contributed by atoms with Crippen LogP contribution in [0.3, 0.4) is 0 Å². The number of hydrogen-bond donors (Lipinski definition) is 4. The molecule has 0 saturated carbocycles. The van der Waals surface area contributed by atoms with Crippen molar-refractivity contribution in [3.63, 3.8) is 0 Å². The van der Waals surface area contributed by atoms with Crippen LogP contribution in [-0.4, -0.2) is 43.2 Å². The van der Waals surface area contributed by atoms with Gasteiger partial charge in [-0.3, -0.25) is 9.79 Å². The van der Waals surface area contributed by atoms with Gasteiger partial charge in [-0.05, 0) is 55.3 Å². The first kappa shape index (κ1) is 21.8. The van der Waals surface area contributed by atoms with Crippen LogP contribution in [0.25, 0.3) is 0 Å². The van der Waals surface area contributed by atoms with E-state index in [1.54, 1.807) is 29.5 Å². The van der Waals surface area contributed by atoms with Crippen LogP contribution < -0.4 is 16.0 Å². The van der Waals surface area contributed by atoms with Gasteiger partial charge in [-0.15, -0.1) is 11.3 Å². The first-order valence-electron chi connectivity index (χ1n) is 9.70. The molecule has 1 heterocycles. The van der Waals surface area contributed by atoms with Gasteiger partial charge in [0, 0.05) is 36.6 Å². The predicted octanol–water partition coefficient (Wildman–Crippen LogP) is 3.01. The van der Waals surface area contributed by atoms with E-state index in [-0.39, 0.29) is 11.7 Å². The Balaban J connectivity index is 1.68. The van der Waals surface area contributed by atoms with Crippen LogP contribution >= 0.6 is 11.3 Å². The SMILES string of the molecule is CCNC(=NCC(C)Cc1cccs1)NCCCNC(=O)c1cccc(O)c1. The van der Waals surface area contributed by atoms with Crippen LogP contribution in [0.5, 0.6) is 5.75 Å². The number of carbonyl (C=O) groups excluding carboxylic acids is 1. The summed E-state index contributed by atoms with van der Waals surface area (Å²) in [5, 5.41) is 21.0. The third-order valence-electron chi connectivity index (χ3n) is 4.07. The molecule has 0 aliphatic carbocycles. The first-order valence-corrected chi connectivity index (χ1v) is 10.6. The van der Waals surface area contributed by atoms with Crippen molar-refractivity contribution in [2.24, 2.45) is 10.9 Å². The molecule has 0 spiro atoms. The molecule has 0 radical (unpaired) electrons. The number of hydrogen-bond acceptors (Lipinski definition) is 4. The Morgan fingerprint density at radius 3 is 2.71 bits per heavy atom. The van der Waals surface area contributed by atoms with Gasteiger partial charge in [0.15, 0.2) is 5.96 Å². The molecule has 2 aromatic rings. The molecule has 0 fully saturated rings. The normalized spacial score (nSPS) is 12.4. The summed E-state index contributed by atoms with van der Waals surface area (Å²) in [6.07, 6.45) is 1.82. The van der Waals surface area contributed by atoms with E-state index in [2.05, 4.69) is 45.4 Å². The van der Waals surface area contributed by atoms with Crippen molar-refractivity contribution in [3.8, 4) is 5.75 Å².